The predicted octanol–water partition coefficient (Wildman–Crippen LogP) is 5.90. The third-order valence-electron chi connectivity index (χ3n) is 2.95. The second-order valence-corrected chi connectivity index (χ2v) is 6.46. The summed E-state index contributed by atoms with van der Waals surface area (Å²) in [4.78, 5) is 0.115. The lowest BCUT2D eigenvalue weighted by Crippen LogP contribution is -1.96. The Kier molecular flexibility index (Phi) is 4.93. The van der Waals surface area contributed by atoms with Crippen molar-refractivity contribution in [3.05, 3.63) is 62.6 Å². The number of hydrogen-bond donors (Lipinski definition) is 0. The van der Waals surface area contributed by atoms with Gasteiger partial charge in [0.05, 0.1) is 11.9 Å². The van der Waals surface area contributed by atoms with E-state index in [2.05, 4.69) is 44.0 Å². The zero-order valence-corrected chi connectivity index (χ0v) is 14.5. The van der Waals surface area contributed by atoms with E-state index in [9.17, 15) is 0 Å². The Bertz CT molecular complexity index is 599. The average molecular weight is 405 g/mol. The SMILES string of the molecule is COc1ccc(C(Br)c2ccc(Cl)cc2Br)cc1C. The largest absolute Gasteiger partial charge is 0.496 e. The number of rotatable bonds is 3. The maximum absolute atomic E-state index is 5.97. The topological polar surface area (TPSA) is 9.23 Å². The van der Waals surface area contributed by atoms with Crippen molar-refractivity contribution in [1.29, 1.82) is 0 Å². The molecule has 0 N–H and O–H groups in total. The van der Waals surface area contributed by atoms with Crippen molar-refractivity contribution in [1.82, 2.24) is 0 Å². The third kappa shape index (κ3) is 3.33. The highest BCUT2D eigenvalue weighted by Crippen LogP contribution is 2.37. The number of halogens is 3. The minimum Gasteiger partial charge on any atom is -0.496 e. The quantitative estimate of drug-likeness (QED) is 0.579. The lowest BCUT2D eigenvalue weighted by molar-refractivity contribution is 0.411. The summed E-state index contributed by atoms with van der Waals surface area (Å²) in [6.45, 7) is 2.04. The molecule has 0 amide bonds. The molecule has 2 aromatic carbocycles. The number of alkyl halides is 1. The molecule has 0 fully saturated rings. The van der Waals surface area contributed by atoms with Gasteiger partial charge in [0.15, 0.2) is 0 Å². The van der Waals surface area contributed by atoms with Crippen LogP contribution in [-0.2, 0) is 0 Å². The van der Waals surface area contributed by atoms with Crippen molar-refractivity contribution in [3.63, 3.8) is 0 Å². The van der Waals surface area contributed by atoms with Crippen molar-refractivity contribution in [2.45, 2.75) is 11.8 Å². The first-order chi connectivity index (χ1) is 9.02. The van der Waals surface area contributed by atoms with Crippen LogP contribution in [0, 0.1) is 6.92 Å². The lowest BCUT2D eigenvalue weighted by Gasteiger charge is -2.15. The van der Waals surface area contributed by atoms with E-state index >= 15 is 0 Å². The molecule has 2 aromatic rings. The van der Waals surface area contributed by atoms with Crippen molar-refractivity contribution in [2.75, 3.05) is 7.11 Å². The monoisotopic (exact) mass is 402 g/mol. The standard InChI is InChI=1S/C15H13Br2ClO/c1-9-7-10(3-6-14(9)19-2)15(17)12-5-4-11(18)8-13(12)16/h3-8,15H,1-2H3. The van der Waals surface area contributed by atoms with Crippen LogP contribution >= 0.6 is 43.5 Å². The summed E-state index contributed by atoms with van der Waals surface area (Å²) in [7, 11) is 1.68. The molecule has 0 spiro atoms. The van der Waals surface area contributed by atoms with E-state index in [0.717, 1.165) is 26.4 Å². The van der Waals surface area contributed by atoms with Crippen LogP contribution in [0.25, 0.3) is 0 Å². The van der Waals surface area contributed by atoms with Gasteiger partial charge in [0.2, 0.25) is 0 Å². The summed E-state index contributed by atoms with van der Waals surface area (Å²) in [6.07, 6.45) is 0. The second kappa shape index (κ2) is 6.29. The Labute approximate surface area is 135 Å². The molecule has 100 valence electrons. The molecule has 0 aliphatic carbocycles. The van der Waals surface area contributed by atoms with Gasteiger partial charge in [-0.3, -0.25) is 0 Å². The van der Waals surface area contributed by atoms with Crippen molar-refractivity contribution < 1.29 is 4.74 Å². The number of hydrogen-bond acceptors (Lipinski definition) is 1. The summed E-state index contributed by atoms with van der Waals surface area (Å²) in [5.74, 6) is 0.902. The maximum atomic E-state index is 5.97. The first-order valence-electron chi connectivity index (χ1n) is 5.76. The van der Waals surface area contributed by atoms with Gasteiger partial charge in [0, 0.05) is 9.50 Å². The van der Waals surface area contributed by atoms with Gasteiger partial charge in [0.1, 0.15) is 5.75 Å². The smallest absolute Gasteiger partial charge is 0.121 e. The molecule has 4 heteroatoms. The van der Waals surface area contributed by atoms with E-state index in [1.54, 1.807) is 7.11 Å². The zero-order chi connectivity index (χ0) is 14.0. The molecule has 1 nitrogen and oxygen atoms in total. The molecule has 0 heterocycles. The molecule has 1 atom stereocenters. The van der Waals surface area contributed by atoms with Crippen LogP contribution in [0.3, 0.4) is 0 Å². The van der Waals surface area contributed by atoms with Gasteiger partial charge in [-0.2, -0.15) is 0 Å². The van der Waals surface area contributed by atoms with Crippen LogP contribution in [-0.4, -0.2) is 7.11 Å². The minimum atomic E-state index is 0.115. The van der Waals surface area contributed by atoms with Gasteiger partial charge in [0.25, 0.3) is 0 Å². The molecule has 0 aliphatic heterocycles. The molecule has 0 radical (unpaired) electrons. The fourth-order valence-electron chi connectivity index (χ4n) is 1.95. The van der Waals surface area contributed by atoms with E-state index < -0.39 is 0 Å². The first kappa shape index (κ1) is 14.9. The Morgan fingerprint density at radius 2 is 1.89 bits per heavy atom. The molecular formula is C15H13Br2ClO. The molecular weight excluding hydrogens is 391 g/mol. The number of benzene rings is 2. The first-order valence-corrected chi connectivity index (χ1v) is 7.85. The number of ether oxygens (including phenoxy) is 1. The molecule has 0 saturated carbocycles. The van der Waals surface area contributed by atoms with E-state index in [4.69, 9.17) is 16.3 Å². The Hall–Kier alpha value is -0.510. The van der Waals surface area contributed by atoms with Crippen LogP contribution < -0.4 is 4.74 Å². The normalized spacial score (nSPS) is 12.3. The summed E-state index contributed by atoms with van der Waals surface area (Å²) >= 11 is 13.3. The van der Waals surface area contributed by atoms with Crippen molar-refractivity contribution in [3.8, 4) is 5.75 Å². The molecule has 19 heavy (non-hydrogen) atoms. The summed E-state index contributed by atoms with van der Waals surface area (Å²) in [5.41, 5.74) is 3.45. The average Bonchev–Trinajstić information content (AvgIpc) is 2.38. The highest BCUT2D eigenvalue weighted by Gasteiger charge is 2.14. The van der Waals surface area contributed by atoms with Crippen LogP contribution in [0.5, 0.6) is 5.75 Å². The van der Waals surface area contributed by atoms with Gasteiger partial charge in [-0.25, -0.2) is 0 Å². The maximum Gasteiger partial charge on any atom is 0.121 e. The Morgan fingerprint density at radius 3 is 2.47 bits per heavy atom. The Balaban J connectivity index is 2.38. The van der Waals surface area contributed by atoms with E-state index in [1.165, 1.54) is 5.56 Å². The van der Waals surface area contributed by atoms with E-state index in [-0.39, 0.29) is 4.83 Å². The van der Waals surface area contributed by atoms with Gasteiger partial charge in [-0.05, 0) is 41.8 Å². The predicted molar refractivity (Wildman–Crippen MR) is 87.7 cm³/mol. The highest BCUT2D eigenvalue weighted by atomic mass is 79.9. The van der Waals surface area contributed by atoms with Crippen molar-refractivity contribution >= 4 is 43.5 Å². The van der Waals surface area contributed by atoms with Gasteiger partial charge in [-0.1, -0.05) is 61.7 Å². The third-order valence-corrected chi connectivity index (χ3v) is 4.89. The van der Waals surface area contributed by atoms with Crippen LogP contribution in [0.2, 0.25) is 5.02 Å². The van der Waals surface area contributed by atoms with Gasteiger partial charge >= 0.3 is 0 Å². The van der Waals surface area contributed by atoms with Crippen molar-refractivity contribution in [2.24, 2.45) is 0 Å². The zero-order valence-electron chi connectivity index (χ0n) is 10.6. The number of methoxy groups -OCH3 is 1. The van der Waals surface area contributed by atoms with Gasteiger partial charge in [-0.15, -0.1) is 0 Å². The lowest BCUT2D eigenvalue weighted by atomic mass is 10.0. The summed E-state index contributed by atoms with van der Waals surface area (Å²) in [5, 5.41) is 0.723. The van der Waals surface area contributed by atoms with E-state index in [1.807, 2.05) is 31.2 Å². The van der Waals surface area contributed by atoms with Gasteiger partial charge < -0.3 is 4.74 Å². The fourth-order valence-corrected chi connectivity index (χ4v) is 3.85. The van der Waals surface area contributed by atoms with E-state index in [0.29, 0.717) is 0 Å². The molecule has 0 aliphatic rings. The molecule has 0 bridgehead atoms. The highest BCUT2D eigenvalue weighted by molar-refractivity contribution is 9.11. The summed E-state index contributed by atoms with van der Waals surface area (Å²) in [6, 6.07) is 12.0. The number of aryl methyl sites for hydroxylation is 1. The van der Waals surface area contributed by atoms with Crippen LogP contribution in [0.1, 0.15) is 21.5 Å². The minimum absolute atomic E-state index is 0.115. The second-order valence-electron chi connectivity index (χ2n) is 4.26. The Morgan fingerprint density at radius 1 is 1.16 bits per heavy atom. The van der Waals surface area contributed by atoms with Crippen LogP contribution in [0.15, 0.2) is 40.9 Å². The fraction of sp³-hybridized carbons (Fsp3) is 0.200. The molecule has 0 aromatic heterocycles. The molecule has 0 saturated heterocycles. The van der Waals surface area contributed by atoms with Crippen LogP contribution in [0.4, 0.5) is 0 Å². The molecule has 1 unspecified atom stereocenters. The molecule has 2 rings (SSSR count). The summed E-state index contributed by atoms with van der Waals surface area (Å²) < 4.78 is 6.28.